The Morgan fingerprint density at radius 1 is 1.18 bits per heavy atom. The Kier molecular flexibility index (Phi) is 7.85. The second-order valence-corrected chi connectivity index (χ2v) is 5.73. The van der Waals surface area contributed by atoms with Crippen molar-refractivity contribution in [1.82, 2.24) is 4.90 Å². The van der Waals surface area contributed by atoms with E-state index in [-0.39, 0.29) is 24.9 Å². The average molecular weight is 384 g/mol. The molecule has 7 heteroatoms. The molecule has 0 atom stereocenters. The number of ether oxygens (including phenoxy) is 3. The molecule has 2 aromatic carbocycles. The summed E-state index contributed by atoms with van der Waals surface area (Å²) in [6, 6.07) is 13.1. The molecule has 0 aliphatic carbocycles. The molecule has 0 aliphatic rings. The number of hydrogen-bond acceptors (Lipinski definition) is 5. The van der Waals surface area contributed by atoms with Gasteiger partial charge in [0.2, 0.25) is 5.91 Å². The molecule has 0 unspecified atom stereocenters. The summed E-state index contributed by atoms with van der Waals surface area (Å²) < 4.78 is 29.3. The van der Waals surface area contributed by atoms with Gasteiger partial charge in [0, 0.05) is 13.1 Å². The number of rotatable bonds is 9. The summed E-state index contributed by atoms with van der Waals surface area (Å²) >= 11 is 0. The Morgan fingerprint density at radius 2 is 1.96 bits per heavy atom. The molecular weight excluding hydrogens is 363 g/mol. The minimum absolute atomic E-state index is 0.0796. The standard InChI is InChI=1S/C21H21FN2O4/c1-24(12-14-28-18-6-4-3-5-17(18)22)21(25)10-8-16-7-9-19(27-13-11-23)20(15-16)26-2/h3-10,15H,12-14H2,1-2H3/b10-8+. The fourth-order valence-electron chi connectivity index (χ4n) is 2.28. The third-order valence-electron chi connectivity index (χ3n) is 3.80. The van der Waals surface area contributed by atoms with Gasteiger partial charge in [0.25, 0.3) is 0 Å². The van der Waals surface area contributed by atoms with Crippen molar-refractivity contribution in [1.29, 1.82) is 5.26 Å². The average Bonchev–Trinajstić information content (AvgIpc) is 2.71. The van der Waals surface area contributed by atoms with Crippen molar-refractivity contribution in [2.75, 3.05) is 33.9 Å². The molecule has 2 aromatic rings. The van der Waals surface area contributed by atoms with E-state index in [9.17, 15) is 9.18 Å². The number of carbonyl (C=O) groups is 1. The van der Waals surface area contributed by atoms with Gasteiger partial charge in [-0.05, 0) is 35.9 Å². The third-order valence-corrected chi connectivity index (χ3v) is 3.80. The lowest BCUT2D eigenvalue weighted by atomic mass is 10.2. The molecule has 0 spiro atoms. The molecule has 2 rings (SSSR count). The predicted octanol–water partition coefficient (Wildman–Crippen LogP) is 3.29. The van der Waals surface area contributed by atoms with Gasteiger partial charge in [0.05, 0.1) is 13.7 Å². The molecule has 0 N–H and O–H groups in total. The van der Waals surface area contributed by atoms with Gasteiger partial charge in [-0.1, -0.05) is 18.2 Å². The van der Waals surface area contributed by atoms with Gasteiger partial charge in [-0.25, -0.2) is 4.39 Å². The summed E-state index contributed by atoms with van der Waals surface area (Å²) in [5.41, 5.74) is 0.741. The van der Waals surface area contributed by atoms with E-state index in [1.165, 1.54) is 30.2 Å². The van der Waals surface area contributed by atoms with Crippen molar-refractivity contribution in [3.63, 3.8) is 0 Å². The molecule has 0 aromatic heterocycles. The van der Waals surface area contributed by atoms with Gasteiger partial charge in [0.1, 0.15) is 12.7 Å². The Balaban J connectivity index is 1.89. The van der Waals surface area contributed by atoms with Crippen molar-refractivity contribution in [2.24, 2.45) is 0 Å². The summed E-state index contributed by atoms with van der Waals surface area (Å²) in [7, 11) is 3.13. The van der Waals surface area contributed by atoms with Gasteiger partial charge in [-0.15, -0.1) is 0 Å². The van der Waals surface area contributed by atoms with Crippen LogP contribution in [-0.2, 0) is 4.79 Å². The predicted molar refractivity (Wildman–Crippen MR) is 103 cm³/mol. The van der Waals surface area contributed by atoms with Crippen LogP contribution in [0.4, 0.5) is 4.39 Å². The van der Waals surface area contributed by atoms with Crippen LogP contribution in [0.25, 0.3) is 6.08 Å². The number of para-hydroxylation sites is 1. The van der Waals surface area contributed by atoms with Gasteiger partial charge >= 0.3 is 0 Å². The monoisotopic (exact) mass is 384 g/mol. The largest absolute Gasteiger partial charge is 0.493 e. The number of hydrogen-bond donors (Lipinski definition) is 0. The number of halogens is 1. The summed E-state index contributed by atoms with van der Waals surface area (Å²) in [6.45, 7) is 0.404. The van der Waals surface area contributed by atoms with Gasteiger partial charge < -0.3 is 19.1 Å². The number of methoxy groups -OCH3 is 1. The van der Waals surface area contributed by atoms with Crippen LogP contribution in [-0.4, -0.2) is 44.7 Å². The third kappa shape index (κ3) is 6.02. The molecule has 0 saturated heterocycles. The molecule has 0 radical (unpaired) electrons. The maximum Gasteiger partial charge on any atom is 0.246 e. The molecule has 0 bridgehead atoms. The molecule has 0 fully saturated rings. The quantitative estimate of drug-likeness (QED) is 0.621. The Hall–Kier alpha value is -3.53. The van der Waals surface area contributed by atoms with Crippen LogP contribution in [0.15, 0.2) is 48.5 Å². The molecule has 1 amide bonds. The van der Waals surface area contributed by atoms with Crippen LogP contribution >= 0.6 is 0 Å². The van der Waals surface area contributed by atoms with E-state index in [0.29, 0.717) is 18.0 Å². The van der Waals surface area contributed by atoms with Crippen LogP contribution in [0.1, 0.15) is 5.56 Å². The first-order chi connectivity index (χ1) is 13.5. The Morgan fingerprint density at radius 3 is 2.68 bits per heavy atom. The highest BCUT2D eigenvalue weighted by Gasteiger charge is 2.08. The van der Waals surface area contributed by atoms with Crippen molar-refractivity contribution in [3.8, 4) is 23.3 Å². The number of nitrogens with zero attached hydrogens (tertiary/aromatic N) is 2. The van der Waals surface area contributed by atoms with E-state index in [4.69, 9.17) is 19.5 Å². The van der Waals surface area contributed by atoms with Crippen LogP contribution in [0, 0.1) is 17.1 Å². The van der Waals surface area contributed by atoms with Crippen LogP contribution in [0.5, 0.6) is 17.2 Å². The van der Waals surface area contributed by atoms with Crippen LogP contribution < -0.4 is 14.2 Å². The van der Waals surface area contributed by atoms with E-state index >= 15 is 0 Å². The van der Waals surface area contributed by atoms with Gasteiger partial charge in [-0.2, -0.15) is 5.26 Å². The highest BCUT2D eigenvalue weighted by Crippen LogP contribution is 2.28. The summed E-state index contributed by atoms with van der Waals surface area (Å²) in [4.78, 5) is 13.7. The zero-order valence-corrected chi connectivity index (χ0v) is 15.7. The Bertz CT molecular complexity index is 877. The second kappa shape index (κ2) is 10.6. The molecule has 28 heavy (non-hydrogen) atoms. The van der Waals surface area contributed by atoms with E-state index in [1.54, 1.807) is 43.5 Å². The van der Waals surface area contributed by atoms with Gasteiger partial charge in [0.15, 0.2) is 29.7 Å². The van der Waals surface area contributed by atoms with Crippen molar-refractivity contribution >= 4 is 12.0 Å². The van der Waals surface area contributed by atoms with Crippen molar-refractivity contribution in [2.45, 2.75) is 0 Å². The first-order valence-corrected chi connectivity index (χ1v) is 8.53. The molecule has 0 heterocycles. The number of benzene rings is 2. The lowest BCUT2D eigenvalue weighted by Crippen LogP contribution is -2.29. The molecule has 146 valence electrons. The number of amides is 1. The summed E-state index contributed by atoms with van der Waals surface area (Å²) in [5.74, 6) is 0.421. The topological polar surface area (TPSA) is 71.8 Å². The molecule has 6 nitrogen and oxygen atoms in total. The second-order valence-electron chi connectivity index (χ2n) is 5.73. The van der Waals surface area contributed by atoms with E-state index in [1.807, 2.05) is 6.07 Å². The smallest absolute Gasteiger partial charge is 0.246 e. The highest BCUT2D eigenvalue weighted by atomic mass is 19.1. The normalized spacial score (nSPS) is 10.4. The SMILES string of the molecule is COc1cc(/C=C/C(=O)N(C)CCOc2ccccc2F)ccc1OCC#N. The maximum atomic E-state index is 13.5. The fraction of sp³-hybridized carbons (Fsp3) is 0.238. The molecule has 0 aliphatic heterocycles. The minimum Gasteiger partial charge on any atom is -0.493 e. The molecule has 0 saturated carbocycles. The molecular formula is C21H21FN2O4. The first-order valence-electron chi connectivity index (χ1n) is 8.53. The number of nitriles is 1. The van der Waals surface area contributed by atoms with Gasteiger partial charge in [-0.3, -0.25) is 4.79 Å². The number of likely N-dealkylation sites (N-methyl/N-ethyl adjacent to an activating group) is 1. The lowest BCUT2D eigenvalue weighted by Gasteiger charge is -2.15. The van der Waals surface area contributed by atoms with Crippen molar-refractivity contribution < 1.29 is 23.4 Å². The number of carbonyl (C=O) groups excluding carboxylic acids is 1. The summed E-state index contributed by atoms with van der Waals surface area (Å²) in [5, 5.41) is 8.59. The minimum atomic E-state index is -0.437. The lowest BCUT2D eigenvalue weighted by molar-refractivity contribution is -0.125. The zero-order valence-electron chi connectivity index (χ0n) is 15.7. The Labute approximate surface area is 163 Å². The zero-order chi connectivity index (χ0) is 20.4. The fourth-order valence-corrected chi connectivity index (χ4v) is 2.28. The van der Waals surface area contributed by atoms with Crippen LogP contribution in [0.3, 0.4) is 0 Å². The first kappa shape index (κ1) is 20.8. The highest BCUT2D eigenvalue weighted by molar-refractivity contribution is 5.91. The van der Waals surface area contributed by atoms with E-state index < -0.39 is 5.82 Å². The van der Waals surface area contributed by atoms with E-state index in [2.05, 4.69) is 0 Å². The van der Waals surface area contributed by atoms with E-state index in [0.717, 1.165) is 5.56 Å². The summed E-state index contributed by atoms with van der Waals surface area (Å²) in [6.07, 6.45) is 3.07. The maximum absolute atomic E-state index is 13.5. The van der Waals surface area contributed by atoms with Crippen LogP contribution in [0.2, 0.25) is 0 Å². The van der Waals surface area contributed by atoms with Crippen molar-refractivity contribution in [3.05, 3.63) is 59.9 Å².